The third kappa shape index (κ3) is 3.51. The summed E-state index contributed by atoms with van der Waals surface area (Å²) >= 11 is 1.40. The van der Waals surface area contributed by atoms with Crippen molar-refractivity contribution in [1.29, 1.82) is 0 Å². The van der Waals surface area contributed by atoms with Gasteiger partial charge in [-0.25, -0.2) is 4.79 Å². The lowest BCUT2D eigenvalue weighted by Crippen LogP contribution is -2.01. The first-order chi connectivity index (χ1) is 12.3. The van der Waals surface area contributed by atoms with E-state index in [0.717, 1.165) is 11.1 Å². The van der Waals surface area contributed by atoms with Crippen LogP contribution in [-0.2, 0) is 6.61 Å². The zero-order chi connectivity index (χ0) is 17.1. The Morgan fingerprint density at radius 2 is 1.84 bits per heavy atom. The van der Waals surface area contributed by atoms with Crippen LogP contribution in [0.3, 0.4) is 0 Å². The molecule has 124 valence electrons. The number of hydrogen-bond donors (Lipinski definition) is 1. The molecule has 0 spiro atoms. The number of anilines is 2. The Hall–Kier alpha value is -3.19. The molecule has 6 nitrogen and oxygen atoms in total. The molecule has 0 unspecified atom stereocenters. The van der Waals surface area contributed by atoms with Gasteiger partial charge in [-0.1, -0.05) is 41.7 Å². The van der Waals surface area contributed by atoms with Crippen LogP contribution in [0.5, 0.6) is 5.75 Å². The third-order valence-electron chi connectivity index (χ3n) is 3.46. The van der Waals surface area contributed by atoms with Crippen LogP contribution in [0.2, 0.25) is 0 Å². The van der Waals surface area contributed by atoms with Crippen molar-refractivity contribution in [3.63, 3.8) is 0 Å². The molecule has 7 heteroatoms. The number of nitrogens with one attached hydrogen (secondary N) is 1. The van der Waals surface area contributed by atoms with Crippen molar-refractivity contribution >= 4 is 33.1 Å². The minimum atomic E-state index is -0.447. The monoisotopic (exact) mass is 351 g/mol. The molecular formula is C18H13N3O3S. The summed E-state index contributed by atoms with van der Waals surface area (Å²) < 4.78 is 10.9. The summed E-state index contributed by atoms with van der Waals surface area (Å²) in [6.45, 7) is 0.224. The van der Waals surface area contributed by atoms with Crippen LogP contribution in [0, 0.1) is 0 Å². The maximum Gasteiger partial charge on any atom is 0.339 e. The summed E-state index contributed by atoms with van der Waals surface area (Å²) in [7, 11) is 0. The molecule has 0 aliphatic carbocycles. The van der Waals surface area contributed by atoms with Gasteiger partial charge < -0.3 is 14.5 Å². The van der Waals surface area contributed by atoms with Crippen LogP contribution in [0.15, 0.2) is 69.9 Å². The van der Waals surface area contributed by atoms with E-state index >= 15 is 0 Å². The summed E-state index contributed by atoms with van der Waals surface area (Å²) in [4.78, 5) is 11.6. The van der Waals surface area contributed by atoms with Gasteiger partial charge in [-0.2, -0.15) is 0 Å². The SMILES string of the molecule is O=c1cc(OCc2nnc(Nc3ccccc3)s2)c2ccccc2o1. The lowest BCUT2D eigenvalue weighted by atomic mass is 10.2. The van der Waals surface area contributed by atoms with E-state index in [1.165, 1.54) is 17.4 Å². The Bertz CT molecular complexity index is 1060. The first-order valence-corrected chi connectivity index (χ1v) is 8.40. The lowest BCUT2D eigenvalue weighted by Gasteiger charge is -2.06. The molecule has 0 bridgehead atoms. The Balaban J connectivity index is 1.50. The number of para-hydroxylation sites is 2. The van der Waals surface area contributed by atoms with Gasteiger partial charge in [0.05, 0.1) is 11.5 Å². The molecule has 0 saturated carbocycles. The van der Waals surface area contributed by atoms with E-state index < -0.39 is 5.63 Å². The number of rotatable bonds is 5. The number of hydrogen-bond acceptors (Lipinski definition) is 7. The number of fused-ring (bicyclic) bond motifs is 1. The molecule has 4 rings (SSSR count). The van der Waals surface area contributed by atoms with Crippen LogP contribution in [0.4, 0.5) is 10.8 Å². The normalized spacial score (nSPS) is 10.7. The zero-order valence-corrected chi connectivity index (χ0v) is 13.8. The van der Waals surface area contributed by atoms with Crippen LogP contribution in [-0.4, -0.2) is 10.2 Å². The summed E-state index contributed by atoms with van der Waals surface area (Å²) in [5.41, 5.74) is 0.990. The molecule has 0 aliphatic heterocycles. The van der Waals surface area contributed by atoms with Gasteiger partial charge in [-0.3, -0.25) is 0 Å². The fourth-order valence-corrected chi connectivity index (χ4v) is 3.02. The van der Waals surface area contributed by atoms with E-state index in [1.807, 2.05) is 42.5 Å². The van der Waals surface area contributed by atoms with Crippen molar-refractivity contribution in [3.8, 4) is 5.75 Å². The molecule has 0 fully saturated rings. The highest BCUT2D eigenvalue weighted by Gasteiger charge is 2.09. The van der Waals surface area contributed by atoms with Gasteiger partial charge in [0.15, 0.2) is 5.01 Å². The molecular weight excluding hydrogens is 338 g/mol. The summed E-state index contributed by atoms with van der Waals surface area (Å²) in [6.07, 6.45) is 0. The van der Waals surface area contributed by atoms with Crippen LogP contribution < -0.4 is 15.7 Å². The average Bonchev–Trinajstić information content (AvgIpc) is 3.08. The van der Waals surface area contributed by atoms with E-state index in [-0.39, 0.29) is 6.61 Å². The standard InChI is InChI=1S/C18H13N3O3S/c22-17-10-15(13-8-4-5-9-14(13)24-17)23-11-16-20-21-18(25-16)19-12-6-2-1-3-7-12/h1-10H,11H2,(H,19,21). The highest BCUT2D eigenvalue weighted by atomic mass is 32.1. The second kappa shape index (κ2) is 6.74. The van der Waals surface area contributed by atoms with Crippen LogP contribution in [0.1, 0.15) is 5.01 Å². The predicted octanol–water partition coefficient (Wildman–Crippen LogP) is 3.97. The minimum Gasteiger partial charge on any atom is -0.485 e. The lowest BCUT2D eigenvalue weighted by molar-refractivity contribution is 0.305. The van der Waals surface area contributed by atoms with Crippen molar-refractivity contribution in [2.75, 3.05) is 5.32 Å². The van der Waals surface area contributed by atoms with Crippen LogP contribution >= 0.6 is 11.3 Å². The van der Waals surface area contributed by atoms with Gasteiger partial charge in [0.1, 0.15) is 17.9 Å². The van der Waals surface area contributed by atoms with Crippen molar-refractivity contribution in [1.82, 2.24) is 10.2 Å². The van der Waals surface area contributed by atoms with Gasteiger partial charge >= 0.3 is 5.63 Å². The smallest absolute Gasteiger partial charge is 0.339 e. The summed E-state index contributed by atoms with van der Waals surface area (Å²) in [5, 5.41) is 13.5. The summed E-state index contributed by atoms with van der Waals surface area (Å²) in [6, 6.07) is 18.3. The highest BCUT2D eigenvalue weighted by molar-refractivity contribution is 7.15. The molecule has 0 saturated heterocycles. The van der Waals surface area contributed by atoms with Crippen molar-refractivity contribution in [3.05, 3.63) is 76.1 Å². The van der Waals surface area contributed by atoms with E-state index in [9.17, 15) is 4.79 Å². The van der Waals surface area contributed by atoms with Crippen molar-refractivity contribution < 1.29 is 9.15 Å². The van der Waals surface area contributed by atoms with E-state index in [2.05, 4.69) is 15.5 Å². The maximum absolute atomic E-state index is 11.6. The zero-order valence-electron chi connectivity index (χ0n) is 13.0. The Morgan fingerprint density at radius 3 is 2.72 bits per heavy atom. The minimum absolute atomic E-state index is 0.224. The average molecular weight is 351 g/mol. The Labute approximate surface area is 146 Å². The van der Waals surface area contributed by atoms with E-state index in [4.69, 9.17) is 9.15 Å². The van der Waals surface area contributed by atoms with Gasteiger partial charge in [-0.15, -0.1) is 10.2 Å². The first-order valence-electron chi connectivity index (χ1n) is 7.58. The molecule has 0 aliphatic rings. The predicted molar refractivity (Wildman–Crippen MR) is 96.4 cm³/mol. The van der Waals surface area contributed by atoms with Gasteiger partial charge in [0, 0.05) is 5.69 Å². The quantitative estimate of drug-likeness (QED) is 0.548. The number of benzene rings is 2. The fraction of sp³-hybridized carbons (Fsp3) is 0.0556. The molecule has 2 aromatic heterocycles. The molecule has 0 atom stereocenters. The van der Waals surface area contributed by atoms with Gasteiger partial charge in [-0.05, 0) is 24.3 Å². The Morgan fingerprint density at radius 1 is 1.04 bits per heavy atom. The molecule has 25 heavy (non-hydrogen) atoms. The molecule has 1 N–H and O–H groups in total. The fourth-order valence-electron chi connectivity index (χ4n) is 2.35. The second-order valence-corrected chi connectivity index (χ2v) is 6.27. The largest absolute Gasteiger partial charge is 0.485 e. The second-order valence-electron chi connectivity index (χ2n) is 5.21. The molecule has 2 heterocycles. The van der Waals surface area contributed by atoms with E-state index in [1.54, 1.807) is 12.1 Å². The van der Waals surface area contributed by atoms with Crippen molar-refractivity contribution in [2.45, 2.75) is 6.61 Å². The highest BCUT2D eigenvalue weighted by Crippen LogP contribution is 2.26. The molecule has 4 aromatic rings. The van der Waals surface area contributed by atoms with Crippen molar-refractivity contribution in [2.24, 2.45) is 0 Å². The Kier molecular flexibility index (Phi) is 4.14. The first kappa shape index (κ1) is 15.3. The maximum atomic E-state index is 11.6. The molecule has 0 amide bonds. The molecule has 0 radical (unpaired) electrons. The van der Waals surface area contributed by atoms with Gasteiger partial charge in [0.25, 0.3) is 0 Å². The topological polar surface area (TPSA) is 77.2 Å². The number of nitrogens with zero attached hydrogens (tertiary/aromatic N) is 2. The number of aromatic nitrogens is 2. The molecule has 2 aromatic carbocycles. The van der Waals surface area contributed by atoms with E-state index in [0.29, 0.717) is 21.5 Å². The summed E-state index contributed by atoms with van der Waals surface area (Å²) in [5.74, 6) is 0.472. The number of ether oxygens (including phenoxy) is 1. The third-order valence-corrected chi connectivity index (χ3v) is 4.27. The van der Waals surface area contributed by atoms with Crippen LogP contribution in [0.25, 0.3) is 11.0 Å². The van der Waals surface area contributed by atoms with Gasteiger partial charge in [0.2, 0.25) is 5.13 Å².